The normalized spacial score (nSPS) is 26.0. The maximum Gasteiger partial charge on any atom is 0.0207 e. The van der Waals surface area contributed by atoms with Crippen LogP contribution in [0.1, 0.15) is 56.2 Å². The van der Waals surface area contributed by atoms with Gasteiger partial charge in [0.25, 0.3) is 0 Å². The first-order chi connectivity index (χ1) is 10.1. The van der Waals surface area contributed by atoms with Crippen LogP contribution in [-0.2, 0) is 5.75 Å². The van der Waals surface area contributed by atoms with Crippen molar-refractivity contribution in [2.75, 3.05) is 6.54 Å². The van der Waals surface area contributed by atoms with E-state index in [-0.39, 0.29) is 0 Å². The average Bonchev–Trinajstić information content (AvgIpc) is 2.45. The smallest absolute Gasteiger partial charge is 0.0207 e. The summed E-state index contributed by atoms with van der Waals surface area (Å²) < 4.78 is 0. The molecule has 0 spiro atoms. The highest BCUT2D eigenvalue weighted by molar-refractivity contribution is 7.99. The summed E-state index contributed by atoms with van der Waals surface area (Å²) in [6.45, 7) is 10.1. The predicted octanol–water partition coefficient (Wildman–Crippen LogP) is 5.09. The Balaban J connectivity index is 1.97. The van der Waals surface area contributed by atoms with Gasteiger partial charge < -0.3 is 5.32 Å². The first kappa shape index (κ1) is 16.9. The van der Waals surface area contributed by atoms with E-state index in [9.17, 15) is 0 Å². The fourth-order valence-electron chi connectivity index (χ4n) is 3.62. The molecule has 1 aliphatic carbocycles. The van der Waals surface area contributed by atoms with E-state index in [1.165, 1.54) is 42.4 Å². The van der Waals surface area contributed by atoms with E-state index in [1.54, 1.807) is 0 Å². The largest absolute Gasteiger partial charge is 0.313 e. The third kappa shape index (κ3) is 5.03. The van der Waals surface area contributed by atoms with Crippen molar-refractivity contribution in [3.05, 3.63) is 34.9 Å². The summed E-state index contributed by atoms with van der Waals surface area (Å²) in [4.78, 5) is 0. The van der Waals surface area contributed by atoms with Gasteiger partial charge in [-0.2, -0.15) is 11.8 Å². The number of rotatable bonds is 6. The van der Waals surface area contributed by atoms with Gasteiger partial charge in [-0.05, 0) is 51.1 Å². The summed E-state index contributed by atoms with van der Waals surface area (Å²) in [6, 6.07) is 7.68. The fraction of sp³-hybridized carbons (Fsp3) is 0.684. The monoisotopic (exact) mass is 305 g/mol. The van der Waals surface area contributed by atoms with Crippen LogP contribution < -0.4 is 5.32 Å². The maximum atomic E-state index is 3.72. The minimum atomic E-state index is 0.716. The number of benzene rings is 1. The SMILES string of the molecule is CCNC1CCC(CC)CC1SCc1cc(C)cc(C)c1. The third-order valence-corrected chi connectivity index (χ3v) is 6.14. The molecule has 118 valence electrons. The van der Waals surface area contributed by atoms with Gasteiger partial charge in [-0.3, -0.25) is 0 Å². The lowest BCUT2D eigenvalue weighted by atomic mass is 9.84. The minimum absolute atomic E-state index is 0.716. The Morgan fingerprint density at radius 2 is 1.81 bits per heavy atom. The molecule has 1 N–H and O–H groups in total. The standard InChI is InChI=1S/C19H31NS/c1-5-16-7-8-18(20-6-2)19(12-16)21-13-17-10-14(3)9-15(4)11-17/h9-11,16,18-20H,5-8,12-13H2,1-4H3. The van der Waals surface area contributed by atoms with Gasteiger partial charge in [0, 0.05) is 17.0 Å². The summed E-state index contributed by atoms with van der Waals surface area (Å²) >= 11 is 2.17. The molecule has 0 aliphatic heterocycles. The van der Waals surface area contributed by atoms with E-state index in [2.05, 4.69) is 63.0 Å². The van der Waals surface area contributed by atoms with Crippen molar-refractivity contribution in [1.29, 1.82) is 0 Å². The molecule has 1 aromatic carbocycles. The van der Waals surface area contributed by atoms with E-state index >= 15 is 0 Å². The molecule has 1 nitrogen and oxygen atoms in total. The third-order valence-electron chi connectivity index (χ3n) is 4.69. The molecule has 1 aliphatic rings. The lowest BCUT2D eigenvalue weighted by molar-refractivity contribution is 0.298. The second-order valence-electron chi connectivity index (χ2n) is 6.60. The van der Waals surface area contributed by atoms with E-state index in [1.807, 2.05) is 0 Å². The summed E-state index contributed by atoms with van der Waals surface area (Å²) in [5, 5.41) is 4.50. The molecule has 0 radical (unpaired) electrons. The van der Waals surface area contributed by atoms with Crippen molar-refractivity contribution < 1.29 is 0 Å². The van der Waals surface area contributed by atoms with Gasteiger partial charge in [0.1, 0.15) is 0 Å². The molecule has 0 aromatic heterocycles. The van der Waals surface area contributed by atoms with Gasteiger partial charge in [0.15, 0.2) is 0 Å². The molecule has 1 saturated carbocycles. The number of hydrogen-bond donors (Lipinski definition) is 1. The Labute approximate surface area is 135 Å². The van der Waals surface area contributed by atoms with E-state index < -0.39 is 0 Å². The lowest BCUT2D eigenvalue weighted by Crippen LogP contribution is -2.42. The number of thioether (sulfide) groups is 1. The van der Waals surface area contributed by atoms with Crippen LogP contribution in [0.4, 0.5) is 0 Å². The Morgan fingerprint density at radius 1 is 1.10 bits per heavy atom. The van der Waals surface area contributed by atoms with E-state index in [0.29, 0.717) is 6.04 Å². The molecular formula is C19H31NS. The van der Waals surface area contributed by atoms with Gasteiger partial charge in [-0.25, -0.2) is 0 Å². The molecule has 21 heavy (non-hydrogen) atoms. The summed E-state index contributed by atoms with van der Waals surface area (Å²) in [5.41, 5.74) is 4.28. The zero-order valence-electron chi connectivity index (χ0n) is 14.1. The summed E-state index contributed by atoms with van der Waals surface area (Å²) in [6.07, 6.45) is 5.51. The molecule has 0 heterocycles. The second-order valence-corrected chi connectivity index (χ2v) is 7.82. The van der Waals surface area contributed by atoms with Gasteiger partial charge in [0.2, 0.25) is 0 Å². The zero-order chi connectivity index (χ0) is 15.2. The topological polar surface area (TPSA) is 12.0 Å². The van der Waals surface area contributed by atoms with Gasteiger partial charge in [-0.15, -0.1) is 0 Å². The Hall–Kier alpha value is -0.470. The van der Waals surface area contributed by atoms with Crippen LogP contribution in [0, 0.1) is 19.8 Å². The summed E-state index contributed by atoms with van der Waals surface area (Å²) in [5.74, 6) is 2.10. The minimum Gasteiger partial charge on any atom is -0.313 e. The zero-order valence-corrected chi connectivity index (χ0v) is 14.9. The highest BCUT2D eigenvalue weighted by Gasteiger charge is 2.29. The predicted molar refractivity (Wildman–Crippen MR) is 96.1 cm³/mol. The van der Waals surface area contributed by atoms with Crippen molar-refractivity contribution in [3.63, 3.8) is 0 Å². The molecule has 2 rings (SSSR count). The van der Waals surface area contributed by atoms with Crippen molar-refractivity contribution in [1.82, 2.24) is 5.32 Å². The highest BCUT2D eigenvalue weighted by Crippen LogP contribution is 2.35. The Morgan fingerprint density at radius 3 is 2.43 bits per heavy atom. The quantitative estimate of drug-likeness (QED) is 0.785. The Bertz CT molecular complexity index is 423. The van der Waals surface area contributed by atoms with Crippen LogP contribution in [0.3, 0.4) is 0 Å². The molecular weight excluding hydrogens is 274 g/mol. The highest BCUT2D eigenvalue weighted by atomic mass is 32.2. The lowest BCUT2D eigenvalue weighted by Gasteiger charge is -2.36. The van der Waals surface area contributed by atoms with E-state index in [4.69, 9.17) is 0 Å². The summed E-state index contributed by atoms with van der Waals surface area (Å²) in [7, 11) is 0. The van der Waals surface area contributed by atoms with Crippen molar-refractivity contribution in [3.8, 4) is 0 Å². The van der Waals surface area contributed by atoms with E-state index in [0.717, 1.165) is 23.5 Å². The second kappa shape index (κ2) is 8.24. The first-order valence-corrected chi connectivity index (χ1v) is 9.59. The van der Waals surface area contributed by atoms with Crippen LogP contribution >= 0.6 is 11.8 Å². The van der Waals surface area contributed by atoms with Crippen molar-refractivity contribution >= 4 is 11.8 Å². The van der Waals surface area contributed by atoms with Gasteiger partial charge in [0.05, 0.1) is 0 Å². The van der Waals surface area contributed by atoms with Crippen LogP contribution in [0.15, 0.2) is 18.2 Å². The number of nitrogens with one attached hydrogen (secondary N) is 1. The fourth-order valence-corrected chi connectivity index (χ4v) is 5.06. The molecule has 0 saturated heterocycles. The maximum absolute atomic E-state index is 3.72. The average molecular weight is 306 g/mol. The molecule has 0 amide bonds. The molecule has 3 unspecified atom stereocenters. The van der Waals surface area contributed by atoms with Gasteiger partial charge >= 0.3 is 0 Å². The van der Waals surface area contributed by atoms with Crippen LogP contribution in [0.2, 0.25) is 0 Å². The molecule has 2 heteroatoms. The first-order valence-electron chi connectivity index (χ1n) is 8.54. The van der Waals surface area contributed by atoms with Crippen LogP contribution in [0.5, 0.6) is 0 Å². The molecule has 3 atom stereocenters. The molecule has 0 bridgehead atoms. The van der Waals surface area contributed by atoms with Crippen LogP contribution in [-0.4, -0.2) is 17.8 Å². The van der Waals surface area contributed by atoms with Crippen molar-refractivity contribution in [2.24, 2.45) is 5.92 Å². The van der Waals surface area contributed by atoms with Gasteiger partial charge in [-0.1, -0.05) is 49.6 Å². The number of hydrogen-bond acceptors (Lipinski definition) is 2. The molecule has 1 aromatic rings. The van der Waals surface area contributed by atoms with Crippen LogP contribution in [0.25, 0.3) is 0 Å². The molecule has 1 fully saturated rings. The van der Waals surface area contributed by atoms with Crippen molar-refractivity contribution in [2.45, 2.75) is 70.4 Å². The number of aryl methyl sites for hydroxylation is 2. The Kier molecular flexibility index (Phi) is 6.63.